The number of nitrogens with zero attached hydrogens (tertiary/aromatic N) is 7. The second-order valence-corrected chi connectivity index (χ2v) is 29.7. The number of pyridine rings is 1. The first-order valence-electron chi connectivity index (χ1n) is 36.3. The summed E-state index contributed by atoms with van der Waals surface area (Å²) in [6.07, 6.45) is 8.11. The average molecular weight is 1500 g/mol. The fourth-order valence-electron chi connectivity index (χ4n) is 13.9. The summed E-state index contributed by atoms with van der Waals surface area (Å²) in [6.45, 7) is 5.84. The molecule has 1 saturated carbocycles. The van der Waals surface area contributed by atoms with Crippen molar-refractivity contribution in [3.8, 4) is 28.7 Å². The number of hydrogen-bond acceptors (Lipinski definition) is 20. The predicted molar refractivity (Wildman–Crippen MR) is 411 cm³/mol. The number of anilines is 2. The van der Waals surface area contributed by atoms with Gasteiger partial charge < -0.3 is 64.7 Å². The number of likely N-dealkylation sites (tertiary alicyclic amines) is 1. The molecule has 1 unspecified atom stereocenters. The van der Waals surface area contributed by atoms with Gasteiger partial charge in [0.25, 0.3) is 17.4 Å². The van der Waals surface area contributed by atoms with Crippen molar-refractivity contribution in [2.45, 2.75) is 104 Å². The quantitative estimate of drug-likeness (QED) is 0.0101. The predicted octanol–water partition coefficient (Wildman–Crippen LogP) is 7.86. The Morgan fingerprint density at radius 3 is 2.12 bits per heavy atom. The van der Waals surface area contributed by atoms with Gasteiger partial charge in [-0.15, -0.1) is 0 Å². The fraction of sp³-hybridized carbons (Fsp3) is 0.375. The minimum atomic E-state index is -1.41. The van der Waals surface area contributed by atoms with Crippen LogP contribution in [0.5, 0.6) is 5.75 Å². The maximum atomic E-state index is 14.1. The summed E-state index contributed by atoms with van der Waals surface area (Å²) >= 11 is 2.50. The summed E-state index contributed by atoms with van der Waals surface area (Å²) in [5, 5.41) is 12.9. The molecule has 5 aliphatic rings. The number of rotatable bonds is 32. The van der Waals surface area contributed by atoms with Crippen LogP contribution in [0.2, 0.25) is 0 Å². The molecule has 4 aliphatic heterocycles. The molecule has 0 spiro atoms. The number of amides is 8. The molecule has 108 heavy (non-hydrogen) atoms. The highest BCUT2D eigenvalue weighted by Gasteiger charge is 2.46. The van der Waals surface area contributed by atoms with Crippen molar-refractivity contribution in [2.75, 3.05) is 102 Å². The molecule has 4 fully saturated rings. The third-order valence-electron chi connectivity index (χ3n) is 20.0. The first kappa shape index (κ1) is 76.0. The minimum Gasteiger partial charge on any atom is -0.495 e. The van der Waals surface area contributed by atoms with Crippen LogP contribution in [0.3, 0.4) is 0 Å². The van der Waals surface area contributed by atoms with Crippen LogP contribution in [0.1, 0.15) is 81.5 Å². The van der Waals surface area contributed by atoms with Gasteiger partial charge in [0.2, 0.25) is 29.6 Å². The standard InChI is InChI=1S/C80H87N13O13S2/c1-79(84-34-13-14-52-21-26-65(102-3)64(46-52)92-38-30-67(95)87-78(92)101)32-39-90(40-33-79)55-28-36-91(37-29-55)77-86-62-25-22-53(61-49-89(2)74(98)69-59(61)27-35-82-69)47-60(62)72(88-77)80(106-56-23-24-56,54-15-7-4-8-16-54)50-105-51-83-73(97)63(48-66(81)94)85-68(96)31-42-103-44-45-104-43-41-93-75(99)70(107-57-17-9-5-10-18-57)71(76(93)100)108-58-19-11-6-12-20-58/h4-12,15-22,25-27,35,46-47,49,55-56,63,82,84H,23-24,28-34,36-45,48,50-51H2,1-3H3,(H2,81,94)(H,83,97)(H,85,96)(H,87,95,101)/t63?,80-/m0/s1. The lowest BCUT2D eigenvalue weighted by Gasteiger charge is -2.45. The zero-order valence-corrected chi connectivity index (χ0v) is 62.1. The van der Waals surface area contributed by atoms with E-state index in [-0.39, 0.29) is 88.8 Å². The number of nitrogens with one attached hydrogen (secondary N) is 5. The van der Waals surface area contributed by atoms with Gasteiger partial charge in [-0.1, -0.05) is 108 Å². The van der Waals surface area contributed by atoms with E-state index in [2.05, 4.69) is 54.8 Å². The van der Waals surface area contributed by atoms with Gasteiger partial charge in [-0.25, -0.2) is 14.8 Å². The number of methoxy groups -OCH3 is 1. The number of aromatic nitrogens is 4. The number of hydrogen-bond donors (Lipinski definition) is 6. The molecule has 0 bridgehead atoms. The molecule has 8 aromatic rings. The number of urea groups is 1. The maximum Gasteiger partial charge on any atom is 0.328 e. The van der Waals surface area contributed by atoms with E-state index < -0.39 is 53.6 Å². The normalized spacial score (nSPS) is 17.2. The van der Waals surface area contributed by atoms with Gasteiger partial charge in [0.1, 0.15) is 24.0 Å². The lowest BCUT2D eigenvalue weighted by molar-refractivity contribution is -0.138. The Morgan fingerprint density at radius 2 is 1.45 bits per heavy atom. The number of H-pyrrole nitrogens is 1. The second kappa shape index (κ2) is 34.8. The molecule has 13 rings (SSSR count). The number of primary amides is 1. The van der Waals surface area contributed by atoms with E-state index in [1.165, 1.54) is 33.3 Å². The largest absolute Gasteiger partial charge is 0.495 e. The number of benzene rings is 5. The van der Waals surface area contributed by atoms with E-state index in [1.807, 2.05) is 134 Å². The number of piperidine rings is 2. The molecule has 7 heterocycles. The Labute approximate surface area is 633 Å². The molecule has 28 heteroatoms. The molecule has 562 valence electrons. The Kier molecular flexibility index (Phi) is 24.5. The van der Waals surface area contributed by atoms with Gasteiger partial charge >= 0.3 is 6.03 Å². The van der Waals surface area contributed by atoms with Crippen molar-refractivity contribution < 1.29 is 57.2 Å². The Hall–Kier alpha value is -10.2. The zero-order chi connectivity index (χ0) is 75.3. The first-order valence-corrected chi connectivity index (χ1v) is 38.0. The average Bonchev–Trinajstić information content (AvgIpc) is 0.905. The molecule has 3 aromatic heterocycles. The van der Waals surface area contributed by atoms with Crippen LogP contribution in [0.25, 0.3) is 32.9 Å². The minimum absolute atomic E-state index is 0.0182. The molecule has 7 N–H and O–H groups in total. The summed E-state index contributed by atoms with van der Waals surface area (Å²) in [4.78, 5) is 129. The molecule has 26 nitrogen and oxygen atoms in total. The van der Waals surface area contributed by atoms with Gasteiger partial charge in [-0.05, 0) is 117 Å². The smallest absolute Gasteiger partial charge is 0.328 e. The Balaban J connectivity index is 0.647. The lowest BCUT2D eigenvalue weighted by atomic mass is 9.87. The van der Waals surface area contributed by atoms with E-state index in [0.717, 1.165) is 89.0 Å². The van der Waals surface area contributed by atoms with Gasteiger partial charge in [0, 0.05) is 108 Å². The number of aryl methyl sites for hydroxylation is 1. The van der Waals surface area contributed by atoms with Crippen molar-refractivity contribution in [2.24, 2.45) is 12.8 Å². The van der Waals surface area contributed by atoms with E-state index in [4.69, 9.17) is 39.4 Å². The van der Waals surface area contributed by atoms with Crippen molar-refractivity contribution in [1.29, 1.82) is 0 Å². The van der Waals surface area contributed by atoms with E-state index in [0.29, 0.717) is 75.0 Å². The molecular weight excluding hydrogens is 1420 g/mol. The van der Waals surface area contributed by atoms with Gasteiger partial charge in [-0.2, -0.15) is 0 Å². The van der Waals surface area contributed by atoms with Crippen LogP contribution in [0.4, 0.5) is 16.4 Å². The zero-order valence-electron chi connectivity index (χ0n) is 60.5. The summed E-state index contributed by atoms with van der Waals surface area (Å²) in [5.41, 5.74) is 9.26. The highest BCUT2D eigenvalue weighted by atomic mass is 32.2. The van der Waals surface area contributed by atoms with Crippen LogP contribution in [0, 0.1) is 11.8 Å². The number of nitrogens with two attached hydrogens (primary N) is 1. The summed E-state index contributed by atoms with van der Waals surface area (Å²) < 4.78 is 32.4. The molecule has 0 radical (unpaired) electrons. The van der Waals surface area contributed by atoms with Crippen molar-refractivity contribution >= 4 is 98.4 Å². The Bertz CT molecular complexity index is 4740. The SMILES string of the molecule is COc1ccc(C#CCNC2(C)CCN(C3CCN(c4nc([C@@](COCNC(=O)C(CC(N)=O)NC(=O)CCOCCOCCN5C(=O)C(Sc6ccccc6)=C(Sc6ccccc6)C5=O)(OC5CC5)c5ccccc5)c5cc(-c6cn(C)c(=O)c7[nH]ccc67)ccc5n4)CC3)CC2)cc1N1CCC(=O)NC1=O. The number of imide groups is 2. The van der Waals surface area contributed by atoms with E-state index in [9.17, 15) is 38.4 Å². The molecule has 5 aromatic carbocycles. The molecule has 3 saturated heterocycles. The van der Waals surface area contributed by atoms with Crippen LogP contribution < -0.4 is 47.1 Å². The lowest BCUT2D eigenvalue weighted by Crippen LogP contribution is -2.55. The van der Waals surface area contributed by atoms with Crippen molar-refractivity contribution in [3.05, 3.63) is 183 Å². The Morgan fingerprint density at radius 1 is 0.769 bits per heavy atom. The van der Waals surface area contributed by atoms with Crippen LogP contribution in [0.15, 0.2) is 170 Å². The van der Waals surface area contributed by atoms with Crippen LogP contribution in [-0.4, -0.2) is 187 Å². The van der Waals surface area contributed by atoms with Crippen LogP contribution in [-0.2, 0) is 60.4 Å². The third kappa shape index (κ3) is 18.1. The molecule has 8 amide bonds. The van der Waals surface area contributed by atoms with Gasteiger partial charge in [0.05, 0.1) is 92.5 Å². The number of ether oxygens (including phenoxy) is 5. The fourth-order valence-corrected chi connectivity index (χ4v) is 16.0. The monoisotopic (exact) mass is 1500 g/mol. The number of aromatic amines is 1. The topological polar surface area (TPSA) is 316 Å². The summed E-state index contributed by atoms with van der Waals surface area (Å²) in [7, 11) is 3.27. The van der Waals surface area contributed by atoms with Gasteiger partial charge in [0.15, 0.2) is 5.60 Å². The number of carbonyl (C=O) groups excluding carboxylic acids is 7. The summed E-state index contributed by atoms with van der Waals surface area (Å²) in [6, 6.07) is 40.4. The molecule has 2 atom stereocenters. The third-order valence-corrected chi connectivity index (χ3v) is 22.3. The van der Waals surface area contributed by atoms with Crippen LogP contribution >= 0.6 is 23.5 Å². The molecule has 1 aliphatic carbocycles. The highest BCUT2D eigenvalue weighted by molar-refractivity contribution is 8.08. The van der Waals surface area contributed by atoms with Crippen molar-refractivity contribution in [3.63, 3.8) is 0 Å². The molecular formula is C80H87N13O13S2. The number of carbonyl (C=O) groups is 7. The maximum absolute atomic E-state index is 14.1. The summed E-state index contributed by atoms with van der Waals surface area (Å²) in [5.74, 6) is 4.35. The number of thioether (sulfide) groups is 2. The number of fused-ring (bicyclic) bond motifs is 2. The van der Waals surface area contributed by atoms with E-state index >= 15 is 0 Å². The van der Waals surface area contributed by atoms with E-state index in [1.54, 1.807) is 31.0 Å². The second-order valence-electron chi connectivity index (χ2n) is 27.5. The van der Waals surface area contributed by atoms with Gasteiger partial charge in [-0.3, -0.25) is 48.7 Å². The van der Waals surface area contributed by atoms with Crippen molar-refractivity contribution in [1.82, 2.24) is 50.6 Å². The first-order chi connectivity index (χ1) is 52.4. The highest BCUT2D eigenvalue weighted by Crippen LogP contribution is 2.46.